The van der Waals surface area contributed by atoms with Crippen molar-refractivity contribution >= 4 is 18.4 Å². The van der Waals surface area contributed by atoms with E-state index in [1.54, 1.807) is 14.2 Å². The highest BCUT2D eigenvalue weighted by Gasteiger charge is 2.52. The van der Waals surface area contributed by atoms with Crippen molar-refractivity contribution in [2.45, 2.75) is 102 Å². The molecule has 0 saturated carbocycles. The van der Waals surface area contributed by atoms with E-state index in [9.17, 15) is 4.79 Å². The summed E-state index contributed by atoms with van der Waals surface area (Å²) >= 11 is 0. The number of carbonyl (C=O) groups is 1. The molecule has 8 nitrogen and oxygen atoms in total. The maximum Gasteiger partial charge on any atom is 0.494 e. The van der Waals surface area contributed by atoms with Gasteiger partial charge in [0.15, 0.2) is 0 Å². The van der Waals surface area contributed by atoms with Crippen LogP contribution in [0.4, 0.5) is 0 Å². The second-order valence-corrected chi connectivity index (χ2v) is 15.6. The number of rotatable bonds is 23. The molecule has 3 aromatic carbocycles. The van der Waals surface area contributed by atoms with Crippen LogP contribution in [0.1, 0.15) is 95.8 Å². The van der Waals surface area contributed by atoms with Crippen molar-refractivity contribution in [1.82, 2.24) is 0 Å². The molecule has 0 bridgehead atoms. The monoisotopic (exact) mass is 727 g/mol. The van der Waals surface area contributed by atoms with E-state index in [0.29, 0.717) is 64.8 Å². The average molecular weight is 728 g/mol. The van der Waals surface area contributed by atoms with E-state index in [1.807, 2.05) is 0 Å². The molecule has 2 aliphatic rings. The van der Waals surface area contributed by atoms with Gasteiger partial charge in [0.05, 0.1) is 37.6 Å². The van der Waals surface area contributed by atoms with Crippen LogP contribution in [0.25, 0.3) is 22.3 Å². The molecule has 0 amide bonds. The van der Waals surface area contributed by atoms with E-state index in [-0.39, 0.29) is 5.41 Å². The minimum absolute atomic E-state index is 0.258. The van der Waals surface area contributed by atoms with Gasteiger partial charge in [-0.3, -0.25) is 4.79 Å². The minimum Gasteiger partial charge on any atom is -0.399 e. The maximum atomic E-state index is 12.2. The van der Waals surface area contributed by atoms with Crippen LogP contribution < -0.4 is 11.2 Å². The van der Waals surface area contributed by atoms with Crippen molar-refractivity contribution in [3.63, 3.8) is 0 Å². The van der Waals surface area contributed by atoms with Crippen LogP contribution in [0.5, 0.6) is 0 Å². The standard InChI is InChI=1S/C44H62BNO7/c1-42(2)43(3,4)53-45(52-42)36-19-21-39-38-20-18-35(34-16-14-33(15-17-34)11-7-12-37(47)13-8-24-46)31-40(38)44(41(39)32-36,22-9-25-50-29-27-48-5)23-10-26-51-30-28-49-6/h14-21,31-32H,7-13,22-30,46H2,1-6H3. The molecule has 5 rings (SSSR count). The van der Waals surface area contributed by atoms with Crippen molar-refractivity contribution in [3.8, 4) is 22.3 Å². The van der Waals surface area contributed by atoms with Gasteiger partial charge in [0.1, 0.15) is 5.78 Å². The van der Waals surface area contributed by atoms with Gasteiger partial charge < -0.3 is 34.0 Å². The second-order valence-electron chi connectivity index (χ2n) is 15.6. The summed E-state index contributed by atoms with van der Waals surface area (Å²) in [6, 6.07) is 22.7. The Kier molecular flexibility index (Phi) is 14.9. The van der Waals surface area contributed by atoms with Gasteiger partial charge in [-0.2, -0.15) is 0 Å². The Bertz CT molecular complexity index is 1590. The zero-order valence-corrected chi connectivity index (χ0v) is 33.1. The van der Waals surface area contributed by atoms with E-state index in [2.05, 4.69) is 88.4 Å². The predicted octanol–water partition coefficient (Wildman–Crippen LogP) is 7.44. The molecule has 9 heteroatoms. The summed E-state index contributed by atoms with van der Waals surface area (Å²) in [4.78, 5) is 12.2. The van der Waals surface area contributed by atoms with Gasteiger partial charge in [-0.1, -0.05) is 54.6 Å². The number of ether oxygens (including phenoxy) is 4. The largest absolute Gasteiger partial charge is 0.494 e. The van der Waals surface area contributed by atoms with Crippen LogP contribution in [0.15, 0.2) is 60.7 Å². The first-order valence-corrected chi connectivity index (χ1v) is 19.6. The fourth-order valence-electron chi connectivity index (χ4n) is 7.70. The van der Waals surface area contributed by atoms with Gasteiger partial charge in [0, 0.05) is 45.7 Å². The Balaban J connectivity index is 1.47. The topological polar surface area (TPSA) is 98.5 Å². The van der Waals surface area contributed by atoms with Gasteiger partial charge in [-0.15, -0.1) is 0 Å². The zero-order valence-electron chi connectivity index (χ0n) is 33.1. The molecule has 0 atom stereocenters. The Labute approximate surface area is 318 Å². The molecule has 2 N–H and O–H groups in total. The third kappa shape index (κ3) is 10.1. The third-order valence-electron chi connectivity index (χ3n) is 11.4. The number of ketones is 1. The molecule has 0 aromatic heterocycles. The van der Waals surface area contributed by atoms with Crippen molar-refractivity contribution in [1.29, 1.82) is 0 Å². The van der Waals surface area contributed by atoms with Gasteiger partial charge in [-0.25, -0.2) is 0 Å². The Morgan fingerprint density at radius 3 is 1.79 bits per heavy atom. The van der Waals surface area contributed by atoms with Crippen molar-refractivity contribution in [2.75, 3.05) is 60.4 Å². The van der Waals surface area contributed by atoms with Crippen molar-refractivity contribution < 1.29 is 33.1 Å². The average Bonchev–Trinajstić information content (AvgIpc) is 3.54. The molecule has 0 unspecified atom stereocenters. The molecular formula is C44H62BNO7. The minimum atomic E-state index is -0.445. The van der Waals surface area contributed by atoms with Crippen LogP contribution in [0.2, 0.25) is 0 Å². The first-order chi connectivity index (χ1) is 25.5. The fraction of sp³-hybridized carbons (Fsp3) is 0.568. The number of carbonyl (C=O) groups excluding carboxylic acids is 1. The normalized spacial score (nSPS) is 16.5. The highest BCUT2D eigenvalue weighted by Crippen LogP contribution is 2.54. The fourth-order valence-corrected chi connectivity index (χ4v) is 7.70. The van der Waals surface area contributed by atoms with E-state index in [0.717, 1.165) is 50.4 Å². The van der Waals surface area contributed by atoms with E-state index in [4.69, 9.17) is 34.0 Å². The molecule has 1 aliphatic heterocycles. The number of Topliss-reactive ketones (excluding diaryl/α,β-unsaturated/α-hetero) is 1. The van der Waals surface area contributed by atoms with E-state index >= 15 is 0 Å². The summed E-state index contributed by atoms with van der Waals surface area (Å²) in [5.41, 5.74) is 14.4. The lowest BCUT2D eigenvalue weighted by molar-refractivity contribution is -0.119. The molecule has 0 radical (unpaired) electrons. The summed E-state index contributed by atoms with van der Waals surface area (Å²) in [7, 11) is 2.96. The highest BCUT2D eigenvalue weighted by molar-refractivity contribution is 6.62. The summed E-state index contributed by atoms with van der Waals surface area (Å²) in [5.74, 6) is 0.306. The Hall–Kier alpha value is -2.89. The van der Waals surface area contributed by atoms with Crippen LogP contribution >= 0.6 is 0 Å². The van der Waals surface area contributed by atoms with E-state index < -0.39 is 18.3 Å². The summed E-state index contributed by atoms with van der Waals surface area (Å²) in [6.45, 7) is 12.7. The lowest BCUT2D eigenvalue weighted by Gasteiger charge is -2.33. The van der Waals surface area contributed by atoms with Crippen LogP contribution in [0, 0.1) is 0 Å². The summed E-state index contributed by atoms with van der Waals surface area (Å²) in [6.07, 6.45) is 7.38. The number of fused-ring (bicyclic) bond motifs is 3. The maximum absolute atomic E-state index is 12.2. The SMILES string of the molecule is COCCOCCCC1(CCCOCCOC)c2cc(B3OC(C)(C)C(C)(C)O3)ccc2-c2ccc(-c3ccc(CCCC(=O)CCCN)cc3)cc21. The second kappa shape index (κ2) is 19.1. The number of benzene rings is 3. The Morgan fingerprint density at radius 2 is 1.21 bits per heavy atom. The first kappa shape index (κ1) is 41.3. The van der Waals surface area contributed by atoms with Gasteiger partial charge in [-0.05, 0) is 130 Å². The Morgan fingerprint density at radius 1 is 0.660 bits per heavy atom. The molecule has 0 spiro atoms. The molecule has 1 heterocycles. The quantitative estimate of drug-likeness (QED) is 0.0796. The number of nitrogens with two attached hydrogens (primary N) is 1. The highest BCUT2D eigenvalue weighted by atomic mass is 16.7. The summed E-state index contributed by atoms with van der Waals surface area (Å²) < 4.78 is 35.6. The number of hydrogen-bond acceptors (Lipinski definition) is 8. The molecule has 1 saturated heterocycles. The third-order valence-corrected chi connectivity index (χ3v) is 11.4. The molecule has 1 aliphatic carbocycles. The smallest absolute Gasteiger partial charge is 0.399 e. The first-order valence-electron chi connectivity index (χ1n) is 19.6. The number of aryl methyl sites for hydroxylation is 1. The van der Waals surface area contributed by atoms with Crippen molar-refractivity contribution in [2.24, 2.45) is 5.73 Å². The predicted molar refractivity (Wildman–Crippen MR) is 214 cm³/mol. The van der Waals surface area contributed by atoms with Gasteiger partial charge in [0.25, 0.3) is 0 Å². The van der Waals surface area contributed by atoms with Crippen LogP contribution in [-0.2, 0) is 44.9 Å². The zero-order chi connectivity index (χ0) is 37.9. The molecule has 288 valence electrons. The van der Waals surface area contributed by atoms with Gasteiger partial charge >= 0.3 is 7.12 Å². The lowest BCUT2D eigenvalue weighted by atomic mass is 9.69. The van der Waals surface area contributed by atoms with Crippen LogP contribution in [0.3, 0.4) is 0 Å². The van der Waals surface area contributed by atoms with Crippen LogP contribution in [-0.4, -0.2) is 84.5 Å². The number of hydrogen-bond donors (Lipinski definition) is 1. The molecule has 53 heavy (non-hydrogen) atoms. The number of methoxy groups -OCH3 is 2. The van der Waals surface area contributed by atoms with E-state index in [1.165, 1.54) is 38.9 Å². The summed E-state index contributed by atoms with van der Waals surface area (Å²) in [5, 5.41) is 0. The lowest BCUT2D eigenvalue weighted by Crippen LogP contribution is -2.41. The molecule has 1 fully saturated rings. The molecule has 3 aromatic rings. The van der Waals surface area contributed by atoms with Crippen molar-refractivity contribution in [3.05, 3.63) is 77.4 Å². The van der Waals surface area contributed by atoms with Gasteiger partial charge in [0.2, 0.25) is 0 Å². The molecular weight excluding hydrogens is 665 g/mol.